The molecule has 0 saturated heterocycles. The quantitative estimate of drug-likeness (QED) is 0.842. The Morgan fingerprint density at radius 1 is 1.29 bits per heavy atom. The summed E-state index contributed by atoms with van der Waals surface area (Å²) in [5.74, 6) is 2.84. The average Bonchev–Trinajstić information content (AvgIpc) is 2.92. The SMILES string of the molecule is CCNCc1sccc1S(=O)(=O)NC1C2C3CCC(C3)C12. The molecular weight excluding hydrogens is 304 g/mol. The minimum atomic E-state index is -3.36. The van der Waals surface area contributed by atoms with E-state index in [0.29, 0.717) is 23.3 Å². The summed E-state index contributed by atoms with van der Waals surface area (Å²) in [6, 6.07) is 1.96. The second-order valence-electron chi connectivity index (χ2n) is 6.62. The number of hydrogen-bond acceptors (Lipinski definition) is 4. The Kier molecular flexibility index (Phi) is 3.41. The highest BCUT2D eigenvalue weighted by molar-refractivity contribution is 7.89. The summed E-state index contributed by atoms with van der Waals surface area (Å²) >= 11 is 1.52. The highest BCUT2D eigenvalue weighted by Crippen LogP contribution is 2.65. The molecule has 3 saturated carbocycles. The van der Waals surface area contributed by atoms with Gasteiger partial charge < -0.3 is 5.32 Å². The van der Waals surface area contributed by atoms with Crippen LogP contribution in [0.3, 0.4) is 0 Å². The highest BCUT2D eigenvalue weighted by atomic mass is 32.2. The summed E-state index contributed by atoms with van der Waals surface area (Å²) in [7, 11) is -3.36. The molecule has 3 fully saturated rings. The van der Waals surface area contributed by atoms with Crippen LogP contribution in [0.2, 0.25) is 0 Å². The van der Waals surface area contributed by atoms with Gasteiger partial charge in [-0.1, -0.05) is 6.92 Å². The molecule has 0 spiro atoms. The zero-order valence-corrected chi connectivity index (χ0v) is 13.8. The summed E-state index contributed by atoms with van der Waals surface area (Å²) in [6.45, 7) is 3.51. The standard InChI is InChI=1S/C15H22N2O2S2/c1-2-16-8-11-12(5-6-20-11)21(18,19)17-15-13-9-3-4-10(7-9)14(13)15/h5-6,9-10,13-17H,2-4,7-8H2,1H3. The monoisotopic (exact) mass is 326 g/mol. The van der Waals surface area contributed by atoms with E-state index in [4.69, 9.17) is 0 Å². The fraction of sp³-hybridized carbons (Fsp3) is 0.733. The van der Waals surface area contributed by atoms with Gasteiger partial charge in [-0.3, -0.25) is 0 Å². The van der Waals surface area contributed by atoms with E-state index < -0.39 is 10.0 Å². The molecule has 116 valence electrons. The van der Waals surface area contributed by atoms with Crippen molar-refractivity contribution in [3.63, 3.8) is 0 Å². The Bertz CT molecular complexity index is 624. The number of sulfonamides is 1. The van der Waals surface area contributed by atoms with Gasteiger partial charge in [-0.2, -0.15) is 0 Å². The Morgan fingerprint density at radius 3 is 2.67 bits per heavy atom. The van der Waals surface area contributed by atoms with Crippen molar-refractivity contribution < 1.29 is 8.42 Å². The second-order valence-corrected chi connectivity index (χ2v) is 9.31. The van der Waals surface area contributed by atoms with Gasteiger partial charge in [-0.05, 0) is 60.9 Å². The van der Waals surface area contributed by atoms with Crippen LogP contribution in [0.5, 0.6) is 0 Å². The number of thiophene rings is 1. The average molecular weight is 326 g/mol. The van der Waals surface area contributed by atoms with E-state index in [1.54, 1.807) is 6.07 Å². The van der Waals surface area contributed by atoms with Gasteiger partial charge in [0.05, 0.1) is 4.90 Å². The third kappa shape index (κ3) is 2.27. The van der Waals surface area contributed by atoms with E-state index in [-0.39, 0.29) is 6.04 Å². The van der Waals surface area contributed by atoms with Crippen molar-refractivity contribution in [1.82, 2.24) is 10.0 Å². The molecule has 6 heteroatoms. The molecule has 0 aliphatic heterocycles. The van der Waals surface area contributed by atoms with E-state index in [1.807, 2.05) is 12.3 Å². The molecule has 4 nitrogen and oxygen atoms in total. The van der Waals surface area contributed by atoms with Crippen LogP contribution in [0, 0.1) is 23.7 Å². The summed E-state index contributed by atoms with van der Waals surface area (Å²) in [6.07, 6.45) is 3.97. The van der Waals surface area contributed by atoms with Crippen LogP contribution < -0.4 is 10.0 Å². The first kappa shape index (κ1) is 14.2. The van der Waals surface area contributed by atoms with Crippen molar-refractivity contribution in [1.29, 1.82) is 0 Å². The van der Waals surface area contributed by atoms with Crippen molar-refractivity contribution >= 4 is 21.4 Å². The first-order chi connectivity index (χ1) is 10.1. The van der Waals surface area contributed by atoms with Crippen molar-refractivity contribution in [3.05, 3.63) is 16.3 Å². The summed E-state index contributed by atoms with van der Waals surface area (Å²) in [5.41, 5.74) is 0. The Morgan fingerprint density at radius 2 is 2.00 bits per heavy atom. The molecule has 4 atom stereocenters. The molecule has 4 rings (SSSR count). The zero-order chi connectivity index (χ0) is 14.6. The third-order valence-electron chi connectivity index (χ3n) is 5.56. The van der Waals surface area contributed by atoms with Crippen LogP contribution in [-0.4, -0.2) is 21.0 Å². The molecule has 1 aromatic heterocycles. The maximum absolute atomic E-state index is 12.7. The van der Waals surface area contributed by atoms with Gasteiger partial charge >= 0.3 is 0 Å². The van der Waals surface area contributed by atoms with Gasteiger partial charge in [0.2, 0.25) is 10.0 Å². The van der Waals surface area contributed by atoms with Gasteiger partial charge in [0.1, 0.15) is 0 Å². The largest absolute Gasteiger partial charge is 0.312 e. The van der Waals surface area contributed by atoms with Crippen molar-refractivity contribution in [2.75, 3.05) is 6.54 Å². The van der Waals surface area contributed by atoms with Gasteiger partial charge in [0.25, 0.3) is 0 Å². The Labute approximate surface area is 130 Å². The lowest BCUT2D eigenvalue weighted by molar-refractivity contribution is 0.456. The molecule has 0 aromatic carbocycles. The minimum Gasteiger partial charge on any atom is -0.312 e. The lowest BCUT2D eigenvalue weighted by Gasteiger charge is -2.12. The van der Waals surface area contributed by atoms with E-state index in [1.165, 1.54) is 30.6 Å². The maximum atomic E-state index is 12.7. The summed E-state index contributed by atoms with van der Waals surface area (Å²) < 4.78 is 28.3. The molecular formula is C15H22N2O2S2. The summed E-state index contributed by atoms with van der Waals surface area (Å²) in [4.78, 5) is 1.39. The number of fused-ring (bicyclic) bond motifs is 5. The first-order valence-electron chi connectivity index (χ1n) is 7.91. The van der Waals surface area contributed by atoms with Crippen molar-refractivity contribution in [2.24, 2.45) is 23.7 Å². The Hall–Kier alpha value is -0.430. The topological polar surface area (TPSA) is 58.2 Å². The zero-order valence-electron chi connectivity index (χ0n) is 12.2. The van der Waals surface area contributed by atoms with E-state index >= 15 is 0 Å². The summed E-state index contributed by atoms with van der Waals surface area (Å²) in [5, 5.41) is 5.09. The molecule has 1 aromatic rings. The van der Waals surface area contributed by atoms with E-state index in [0.717, 1.165) is 23.3 Å². The molecule has 3 aliphatic rings. The van der Waals surface area contributed by atoms with Crippen molar-refractivity contribution in [3.8, 4) is 0 Å². The molecule has 4 unspecified atom stereocenters. The van der Waals surface area contributed by atoms with Gasteiger partial charge in [0.15, 0.2) is 0 Å². The van der Waals surface area contributed by atoms with Crippen LogP contribution in [-0.2, 0) is 16.6 Å². The number of hydrogen-bond donors (Lipinski definition) is 2. The molecule has 21 heavy (non-hydrogen) atoms. The second kappa shape index (κ2) is 5.05. The van der Waals surface area contributed by atoms with Crippen LogP contribution in [0.1, 0.15) is 31.1 Å². The van der Waals surface area contributed by atoms with E-state index in [9.17, 15) is 8.42 Å². The number of nitrogens with one attached hydrogen (secondary N) is 2. The lowest BCUT2D eigenvalue weighted by atomic mass is 10.0. The van der Waals surface area contributed by atoms with Crippen LogP contribution in [0.25, 0.3) is 0 Å². The molecule has 0 radical (unpaired) electrons. The van der Waals surface area contributed by atoms with Crippen molar-refractivity contribution in [2.45, 2.75) is 43.7 Å². The molecule has 1 heterocycles. The molecule has 3 aliphatic carbocycles. The van der Waals surface area contributed by atoms with Gasteiger partial charge in [-0.25, -0.2) is 13.1 Å². The molecule has 2 N–H and O–H groups in total. The van der Waals surface area contributed by atoms with E-state index in [2.05, 4.69) is 10.0 Å². The fourth-order valence-corrected chi connectivity index (χ4v) is 7.38. The van der Waals surface area contributed by atoms with Crippen LogP contribution >= 0.6 is 11.3 Å². The highest BCUT2D eigenvalue weighted by Gasteiger charge is 2.65. The maximum Gasteiger partial charge on any atom is 0.241 e. The normalized spacial score (nSPS) is 36.9. The smallest absolute Gasteiger partial charge is 0.241 e. The van der Waals surface area contributed by atoms with Gasteiger partial charge in [0, 0.05) is 17.5 Å². The first-order valence-corrected chi connectivity index (χ1v) is 10.3. The number of rotatable bonds is 6. The Balaban J connectivity index is 1.49. The minimum absolute atomic E-state index is 0.216. The lowest BCUT2D eigenvalue weighted by Crippen LogP contribution is -2.30. The van der Waals surface area contributed by atoms with Crippen LogP contribution in [0.4, 0.5) is 0 Å². The van der Waals surface area contributed by atoms with Gasteiger partial charge in [-0.15, -0.1) is 11.3 Å². The molecule has 0 amide bonds. The predicted octanol–water partition coefficient (Wildman–Crippen LogP) is 2.18. The predicted molar refractivity (Wildman–Crippen MR) is 83.6 cm³/mol. The molecule has 2 bridgehead atoms. The van der Waals surface area contributed by atoms with Crippen LogP contribution in [0.15, 0.2) is 16.3 Å². The third-order valence-corrected chi connectivity index (χ3v) is 8.15. The fourth-order valence-electron chi connectivity index (χ4n) is 4.66.